The number of hydrogen-bond donors (Lipinski definition) is 1. The second-order valence-electron chi connectivity index (χ2n) is 5.42. The SMILES string of the molecule is CC(C)CC(CCl)NS(=O)(=O)N1CCCCCC1. The zero-order chi connectivity index (χ0) is 13.6. The minimum absolute atomic E-state index is 0.167. The average molecular weight is 297 g/mol. The van der Waals surface area contributed by atoms with Gasteiger partial charge in [0.1, 0.15) is 0 Å². The van der Waals surface area contributed by atoms with Crippen molar-refractivity contribution in [2.75, 3.05) is 19.0 Å². The Kier molecular flexibility index (Phi) is 6.92. The molecule has 4 nitrogen and oxygen atoms in total. The minimum atomic E-state index is -3.36. The molecule has 1 unspecified atom stereocenters. The highest BCUT2D eigenvalue weighted by molar-refractivity contribution is 7.87. The van der Waals surface area contributed by atoms with Gasteiger partial charge >= 0.3 is 0 Å². The molecule has 108 valence electrons. The van der Waals surface area contributed by atoms with Crippen LogP contribution in [0.5, 0.6) is 0 Å². The summed E-state index contributed by atoms with van der Waals surface area (Å²) in [5.74, 6) is 0.756. The summed E-state index contributed by atoms with van der Waals surface area (Å²) in [4.78, 5) is 0. The van der Waals surface area contributed by atoms with Crippen LogP contribution in [-0.2, 0) is 10.2 Å². The van der Waals surface area contributed by atoms with Gasteiger partial charge in [0, 0.05) is 25.0 Å². The van der Waals surface area contributed by atoms with Crippen LogP contribution in [0, 0.1) is 5.92 Å². The van der Waals surface area contributed by atoms with Gasteiger partial charge in [0.25, 0.3) is 10.2 Å². The van der Waals surface area contributed by atoms with E-state index in [2.05, 4.69) is 18.6 Å². The summed E-state index contributed by atoms with van der Waals surface area (Å²) >= 11 is 5.84. The lowest BCUT2D eigenvalue weighted by molar-refractivity contribution is 0.400. The molecule has 1 aliphatic heterocycles. The molecule has 18 heavy (non-hydrogen) atoms. The van der Waals surface area contributed by atoms with Gasteiger partial charge in [-0.3, -0.25) is 0 Å². The molecule has 0 radical (unpaired) electrons. The summed E-state index contributed by atoms with van der Waals surface area (Å²) in [5.41, 5.74) is 0. The monoisotopic (exact) mass is 296 g/mol. The zero-order valence-corrected chi connectivity index (χ0v) is 12.9. The van der Waals surface area contributed by atoms with Crippen LogP contribution in [-0.4, -0.2) is 37.7 Å². The van der Waals surface area contributed by atoms with Crippen LogP contribution in [0.1, 0.15) is 46.0 Å². The molecule has 1 heterocycles. The Bertz CT molecular complexity index is 325. The molecule has 0 amide bonds. The van der Waals surface area contributed by atoms with Crippen molar-refractivity contribution in [3.8, 4) is 0 Å². The van der Waals surface area contributed by atoms with Gasteiger partial charge in [0.15, 0.2) is 0 Å². The van der Waals surface area contributed by atoms with E-state index in [1.165, 1.54) is 0 Å². The van der Waals surface area contributed by atoms with Crippen molar-refractivity contribution in [1.29, 1.82) is 0 Å². The summed E-state index contributed by atoms with van der Waals surface area (Å²) in [6, 6.07) is -0.167. The summed E-state index contributed by atoms with van der Waals surface area (Å²) in [6.07, 6.45) is 4.93. The third-order valence-electron chi connectivity index (χ3n) is 3.16. The summed E-state index contributed by atoms with van der Waals surface area (Å²) in [5, 5.41) is 0. The fraction of sp³-hybridized carbons (Fsp3) is 1.00. The van der Waals surface area contributed by atoms with Crippen LogP contribution in [0.25, 0.3) is 0 Å². The van der Waals surface area contributed by atoms with E-state index in [9.17, 15) is 8.42 Å². The Morgan fingerprint density at radius 2 is 1.72 bits per heavy atom. The maximum atomic E-state index is 12.2. The van der Waals surface area contributed by atoms with Crippen molar-refractivity contribution in [3.05, 3.63) is 0 Å². The molecule has 1 atom stereocenters. The molecular formula is C12H25ClN2O2S. The first-order valence-electron chi connectivity index (χ1n) is 6.79. The first kappa shape index (κ1) is 16.2. The van der Waals surface area contributed by atoms with Gasteiger partial charge in [-0.25, -0.2) is 0 Å². The Morgan fingerprint density at radius 3 is 2.17 bits per heavy atom. The van der Waals surface area contributed by atoms with Crippen molar-refractivity contribution in [3.63, 3.8) is 0 Å². The zero-order valence-electron chi connectivity index (χ0n) is 11.4. The van der Waals surface area contributed by atoms with E-state index >= 15 is 0 Å². The number of nitrogens with one attached hydrogen (secondary N) is 1. The Labute approximate surface area is 116 Å². The van der Waals surface area contributed by atoms with Crippen molar-refractivity contribution >= 4 is 21.8 Å². The van der Waals surface area contributed by atoms with E-state index in [1.807, 2.05) is 0 Å². The predicted octanol–water partition coefficient (Wildman–Crippen LogP) is 2.35. The number of rotatable bonds is 6. The molecule has 0 spiro atoms. The standard InChI is InChI=1S/C12H25ClN2O2S/c1-11(2)9-12(10-13)14-18(16,17)15-7-5-3-4-6-8-15/h11-12,14H,3-10H2,1-2H3. The van der Waals surface area contributed by atoms with E-state index in [0.29, 0.717) is 24.9 Å². The van der Waals surface area contributed by atoms with Gasteiger partial charge in [-0.05, 0) is 25.2 Å². The lowest BCUT2D eigenvalue weighted by Crippen LogP contribution is -2.46. The largest absolute Gasteiger partial charge is 0.279 e. The highest BCUT2D eigenvalue weighted by Gasteiger charge is 2.25. The maximum absolute atomic E-state index is 12.2. The van der Waals surface area contributed by atoms with E-state index in [-0.39, 0.29) is 6.04 Å². The molecule has 1 fully saturated rings. The fourth-order valence-corrected chi connectivity index (χ4v) is 4.06. The average Bonchev–Trinajstić information content (AvgIpc) is 2.56. The molecule has 1 saturated heterocycles. The molecule has 1 rings (SSSR count). The smallest absolute Gasteiger partial charge is 0.198 e. The van der Waals surface area contributed by atoms with Crippen molar-refractivity contribution in [1.82, 2.24) is 9.03 Å². The number of nitrogens with zero attached hydrogens (tertiary/aromatic N) is 1. The molecule has 0 bridgehead atoms. The molecule has 6 heteroatoms. The second kappa shape index (κ2) is 7.68. The van der Waals surface area contributed by atoms with Gasteiger partial charge in [0.2, 0.25) is 0 Å². The van der Waals surface area contributed by atoms with Crippen molar-refractivity contribution in [2.24, 2.45) is 5.92 Å². The van der Waals surface area contributed by atoms with Crippen LogP contribution >= 0.6 is 11.6 Å². The third-order valence-corrected chi connectivity index (χ3v) is 5.21. The minimum Gasteiger partial charge on any atom is -0.198 e. The van der Waals surface area contributed by atoms with Gasteiger partial charge in [-0.15, -0.1) is 11.6 Å². The van der Waals surface area contributed by atoms with Crippen LogP contribution < -0.4 is 4.72 Å². The summed E-state index contributed by atoms with van der Waals surface area (Å²) < 4.78 is 28.8. The molecule has 0 aromatic heterocycles. The van der Waals surface area contributed by atoms with E-state index < -0.39 is 10.2 Å². The Balaban J connectivity index is 2.60. The highest BCUT2D eigenvalue weighted by Crippen LogP contribution is 2.14. The fourth-order valence-electron chi connectivity index (χ4n) is 2.28. The second-order valence-corrected chi connectivity index (χ2v) is 7.43. The van der Waals surface area contributed by atoms with Gasteiger partial charge < -0.3 is 0 Å². The molecular weight excluding hydrogens is 272 g/mol. The van der Waals surface area contributed by atoms with Crippen LogP contribution in [0.15, 0.2) is 0 Å². The van der Waals surface area contributed by atoms with Crippen LogP contribution in [0.3, 0.4) is 0 Å². The lowest BCUT2D eigenvalue weighted by atomic mass is 10.1. The third kappa shape index (κ3) is 5.43. The molecule has 0 aromatic carbocycles. The number of halogens is 1. The number of alkyl halides is 1. The Morgan fingerprint density at radius 1 is 1.17 bits per heavy atom. The predicted molar refractivity (Wildman–Crippen MR) is 76.1 cm³/mol. The van der Waals surface area contributed by atoms with Crippen molar-refractivity contribution < 1.29 is 8.42 Å². The van der Waals surface area contributed by atoms with Crippen LogP contribution in [0.4, 0.5) is 0 Å². The molecule has 1 aliphatic rings. The van der Waals surface area contributed by atoms with E-state index in [4.69, 9.17) is 11.6 Å². The van der Waals surface area contributed by atoms with Gasteiger partial charge in [-0.1, -0.05) is 26.7 Å². The van der Waals surface area contributed by atoms with E-state index in [0.717, 1.165) is 32.1 Å². The lowest BCUT2D eigenvalue weighted by Gasteiger charge is -2.24. The Hall–Kier alpha value is 0.160. The quantitative estimate of drug-likeness (QED) is 0.765. The first-order valence-corrected chi connectivity index (χ1v) is 8.76. The molecule has 0 saturated carbocycles. The summed E-state index contributed by atoms with van der Waals surface area (Å²) in [7, 11) is -3.36. The maximum Gasteiger partial charge on any atom is 0.279 e. The normalized spacial score (nSPS) is 20.9. The molecule has 1 N–H and O–H groups in total. The first-order chi connectivity index (χ1) is 8.45. The van der Waals surface area contributed by atoms with Crippen LogP contribution in [0.2, 0.25) is 0 Å². The topological polar surface area (TPSA) is 49.4 Å². The number of hydrogen-bond acceptors (Lipinski definition) is 2. The summed E-state index contributed by atoms with van der Waals surface area (Å²) in [6.45, 7) is 5.40. The molecule has 0 aliphatic carbocycles. The van der Waals surface area contributed by atoms with Gasteiger partial charge in [0.05, 0.1) is 0 Å². The van der Waals surface area contributed by atoms with Gasteiger partial charge in [-0.2, -0.15) is 17.4 Å². The van der Waals surface area contributed by atoms with Crippen molar-refractivity contribution in [2.45, 2.75) is 52.0 Å². The molecule has 0 aromatic rings. The van der Waals surface area contributed by atoms with E-state index in [1.54, 1.807) is 4.31 Å². The highest BCUT2D eigenvalue weighted by atomic mass is 35.5.